The lowest BCUT2D eigenvalue weighted by atomic mass is 10.2. The first-order valence-corrected chi connectivity index (χ1v) is 5.54. The fourth-order valence-corrected chi connectivity index (χ4v) is 2.20. The summed E-state index contributed by atoms with van der Waals surface area (Å²) in [6.45, 7) is 0.143. The van der Waals surface area contributed by atoms with Crippen molar-refractivity contribution in [3.63, 3.8) is 0 Å². The zero-order valence-electron chi connectivity index (χ0n) is 9.06. The lowest BCUT2D eigenvalue weighted by molar-refractivity contribution is 0.0677. The van der Waals surface area contributed by atoms with Crippen LogP contribution in [0.2, 0.25) is 0 Å². The highest BCUT2D eigenvalue weighted by Crippen LogP contribution is 2.24. The van der Waals surface area contributed by atoms with Crippen LogP contribution in [-0.4, -0.2) is 23.4 Å². The summed E-state index contributed by atoms with van der Waals surface area (Å²) in [7, 11) is 0. The zero-order valence-corrected chi connectivity index (χ0v) is 9.06. The number of rotatable bonds is 3. The first kappa shape index (κ1) is 10.7. The number of furan rings is 1. The zero-order chi connectivity index (χ0) is 11.4. The largest absolute Gasteiger partial charge is 0.459 e. The number of carbonyl (C=O) groups excluding carboxylic acids is 1. The maximum atomic E-state index is 12.1. The van der Waals surface area contributed by atoms with Gasteiger partial charge in [0.15, 0.2) is 5.76 Å². The lowest BCUT2D eigenvalue weighted by Crippen LogP contribution is -2.38. The molecule has 16 heavy (non-hydrogen) atoms. The molecule has 1 saturated carbocycles. The summed E-state index contributed by atoms with van der Waals surface area (Å²) in [5, 5.41) is 8.77. The van der Waals surface area contributed by atoms with E-state index in [0.717, 1.165) is 25.7 Å². The Morgan fingerprint density at radius 2 is 2.31 bits per heavy atom. The van der Waals surface area contributed by atoms with Crippen molar-refractivity contribution in [1.29, 1.82) is 5.26 Å². The van der Waals surface area contributed by atoms with E-state index >= 15 is 0 Å². The third kappa shape index (κ3) is 2.08. The van der Waals surface area contributed by atoms with Crippen LogP contribution in [0.1, 0.15) is 36.2 Å². The molecule has 0 aliphatic heterocycles. The molecule has 0 spiro atoms. The highest BCUT2D eigenvalue weighted by molar-refractivity contribution is 5.91. The van der Waals surface area contributed by atoms with Crippen molar-refractivity contribution in [1.82, 2.24) is 4.90 Å². The topological polar surface area (TPSA) is 57.2 Å². The number of hydrogen-bond acceptors (Lipinski definition) is 3. The molecule has 1 amide bonds. The molecule has 0 radical (unpaired) electrons. The van der Waals surface area contributed by atoms with Crippen LogP contribution in [0.4, 0.5) is 0 Å². The van der Waals surface area contributed by atoms with Crippen LogP contribution in [0.25, 0.3) is 0 Å². The van der Waals surface area contributed by atoms with Gasteiger partial charge in [0.05, 0.1) is 12.3 Å². The minimum absolute atomic E-state index is 0.143. The standard InChI is InChI=1S/C12H14N2O2/c13-7-8-14(10-4-1-2-5-10)12(15)11-6-3-9-16-11/h3,6,9-10H,1-2,4-5,8H2. The monoisotopic (exact) mass is 218 g/mol. The molecule has 1 heterocycles. The molecule has 1 aliphatic rings. The van der Waals surface area contributed by atoms with Crippen molar-refractivity contribution in [2.45, 2.75) is 31.7 Å². The van der Waals surface area contributed by atoms with E-state index in [2.05, 4.69) is 6.07 Å². The molecule has 1 aromatic rings. The first-order chi connectivity index (χ1) is 7.83. The van der Waals surface area contributed by atoms with E-state index < -0.39 is 0 Å². The fourth-order valence-electron chi connectivity index (χ4n) is 2.20. The number of carbonyl (C=O) groups is 1. The van der Waals surface area contributed by atoms with E-state index in [9.17, 15) is 4.79 Å². The van der Waals surface area contributed by atoms with Gasteiger partial charge in [-0.2, -0.15) is 5.26 Å². The van der Waals surface area contributed by atoms with Gasteiger partial charge in [0.2, 0.25) is 0 Å². The van der Waals surface area contributed by atoms with Gasteiger partial charge < -0.3 is 9.32 Å². The van der Waals surface area contributed by atoms with E-state index in [1.54, 1.807) is 17.0 Å². The Bertz CT molecular complexity index is 386. The SMILES string of the molecule is N#CCN(C(=O)c1ccco1)C1CCCC1. The predicted octanol–water partition coefficient (Wildman–Crippen LogP) is 2.19. The molecule has 0 N–H and O–H groups in total. The minimum Gasteiger partial charge on any atom is -0.459 e. The summed E-state index contributed by atoms with van der Waals surface area (Å²) in [5.41, 5.74) is 0. The molecule has 0 aromatic carbocycles. The van der Waals surface area contributed by atoms with Gasteiger partial charge in [-0.15, -0.1) is 0 Å². The molecule has 0 bridgehead atoms. The summed E-state index contributed by atoms with van der Waals surface area (Å²) >= 11 is 0. The number of amides is 1. The van der Waals surface area contributed by atoms with Gasteiger partial charge in [0, 0.05) is 6.04 Å². The molecule has 1 aromatic heterocycles. The Hall–Kier alpha value is -1.76. The average Bonchev–Trinajstić information content (AvgIpc) is 2.96. The Kier molecular flexibility index (Phi) is 3.25. The van der Waals surface area contributed by atoms with E-state index in [-0.39, 0.29) is 18.5 Å². The Morgan fingerprint density at radius 3 is 2.88 bits per heavy atom. The summed E-state index contributed by atoms with van der Waals surface area (Å²) in [5.74, 6) is 0.153. The lowest BCUT2D eigenvalue weighted by Gasteiger charge is -2.25. The Morgan fingerprint density at radius 1 is 1.56 bits per heavy atom. The Labute approximate surface area is 94.5 Å². The summed E-state index contributed by atoms with van der Waals surface area (Å²) in [4.78, 5) is 13.7. The molecule has 0 atom stereocenters. The maximum Gasteiger partial charge on any atom is 0.290 e. The highest BCUT2D eigenvalue weighted by Gasteiger charge is 2.28. The molecule has 4 nitrogen and oxygen atoms in total. The summed E-state index contributed by atoms with van der Waals surface area (Å²) < 4.78 is 5.08. The molecule has 1 fully saturated rings. The van der Waals surface area contributed by atoms with Gasteiger partial charge in [-0.1, -0.05) is 12.8 Å². The van der Waals surface area contributed by atoms with Gasteiger partial charge >= 0.3 is 0 Å². The van der Waals surface area contributed by atoms with Crippen molar-refractivity contribution in [3.8, 4) is 6.07 Å². The van der Waals surface area contributed by atoms with Gasteiger partial charge in [0.1, 0.15) is 6.54 Å². The summed E-state index contributed by atoms with van der Waals surface area (Å²) in [6.07, 6.45) is 5.74. The van der Waals surface area contributed by atoms with Crippen LogP contribution in [0.5, 0.6) is 0 Å². The van der Waals surface area contributed by atoms with Gasteiger partial charge in [-0.25, -0.2) is 0 Å². The van der Waals surface area contributed by atoms with Crippen LogP contribution >= 0.6 is 0 Å². The van der Waals surface area contributed by atoms with Crippen molar-refractivity contribution in [2.24, 2.45) is 0 Å². The highest BCUT2D eigenvalue weighted by atomic mass is 16.3. The second kappa shape index (κ2) is 4.84. The number of nitrogens with zero attached hydrogens (tertiary/aromatic N) is 2. The number of hydrogen-bond donors (Lipinski definition) is 0. The molecular formula is C12H14N2O2. The van der Waals surface area contributed by atoms with E-state index in [1.165, 1.54) is 6.26 Å². The van der Waals surface area contributed by atoms with Crippen molar-refractivity contribution >= 4 is 5.91 Å². The number of nitriles is 1. The van der Waals surface area contributed by atoms with E-state index in [4.69, 9.17) is 9.68 Å². The summed E-state index contributed by atoms with van der Waals surface area (Å²) in [6, 6.07) is 5.58. The molecule has 2 rings (SSSR count). The molecular weight excluding hydrogens is 204 g/mol. The predicted molar refractivity (Wildman–Crippen MR) is 57.6 cm³/mol. The smallest absolute Gasteiger partial charge is 0.290 e. The molecule has 4 heteroatoms. The second-order valence-electron chi connectivity index (χ2n) is 4.01. The third-order valence-electron chi connectivity index (χ3n) is 3.00. The molecule has 1 aliphatic carbocycles. The quantitative estimate of drug-likeness (QED) is 0.731. The fraction of sp³-hybridized carbons (Fsp3) is 0.500. The van der Waals surface area contributed by atoms with Crippen LogP contribution in [-0.2, 0) is 0 Å². The van der Waals surface area contributed by atoms with Crippen LogP contribution in [0, 0.1) is 11.3 Å². The minimum atomic E-state index is -0.168. The molecule has 0 saturated heterocycles. The van der Waals surface area contributed by atoms with E-state index in [0.29, 0.717) is 5.76 Å². The van der Waals surface area contributed by atoms with Crippen LogP contribution in [0.15, 0.2) is 22.8 Å². The van der Waals surface area contributed by atoms with Crippen LogP contribution in [0.3, 0.4) is 0 Å². The normalized spacial score (nSPS) is 15.9. The van der Waals surface area contributed by atoms with E-state index in [1.807, 2.05) is 0 Å². The van der Waals surface area contributed by atoms with Gasteiger partial charge in [0.25, 0.3) is 5.91 Å². The molecule has 84 valence electrons. The average molecular weight is 218 g/mol. The van der Waals surface area contributed by atoms with Crippen molar-refractivity contribution in [2.75, 3.05) is 6.54 Å². The first-order valence-electron chi connectivity index (χ1n) is 5.54. The molecule has 0 unspecified atom stereocenters. The van der Waals surface area contributed by atoms with Gasteiger partial charge in [-0.3, -0.25) is 4.79 Å². The Balaban J connectivity index is 2.13. The third-order valence-corrected chi connectivity index (χ3v) is 3.00. The second-order valence-corrected chi connectivity index (χ2v) is 4.01. The van der Waals surface area contributed by atoms with Crippen LogP contribution < -0.4 is 0 Å². The van der Waals surface area contributed by atoms with Crippen molar-refractivity contribution in [3.05, 3.63) is 24.2 Å². The van der Waals surface area contributed by atoms with Crippen molar-refractivity contribution < 1.29 is 9.21 Å². The van der Waals surface area contributed by atoms with Gasteiger partial charge in [-0.05, 0) is 25.0 Å². The maximum absolute atomic E-state index is 12.1.